The van der Waals surface area contributed by atoms with E-state index in [4.69, 9.17) is 4.42 Å². The second-order valence-corrected chi connectivity index (χ2v) is 7.27. The minimum Gasteiger partial charge on any atom is -0.425 e. The summed E-state index contributed by atoms with van der Waals surface area (Å²) in [7, 11) is 0. The first kappa shape index (κ1) is 17.5. The van der Waals surface area contributed by atoms with E-state index >= 15 is 0 Å². The Morgan fingerprint density at radius 3 is 2.63 bits per heavy atom. The van der Waals surface area contributed by atoms with Crippen molar-refractivity contribution in [2.24, 2.45) is 5.92 Å². The van der Waals surface area contributed by atoms with Gasteiger partial charge in [-0.05, 0) is 29.5 Å². The van der Waals surface area contributed by atoms with Gasteiger partial charge in [0.05, 0.1) is 5.92 Å². The molecule has 2 heterocycles. The Hall–Kier alpha value is -2.95. The van der Waals surface area contributed by atoms with Crippen LogP contribution >= 0.6 is 0 Å². The molecule has 0 radical (unpaired) electrons. The van der Waals surface area contributed by atoms with Crippen LogP contribution in [0.4, 0.5) is 5.69 Å². The van der Waals surface area contributed by atoms with Gasteiger partial charge in [-0.3, -0.25) is 4.79 Å². The van der Waals surface area contributed by atoms with Crippen LogP contribution in [0.1, 0.15) is 42.2 Å². The Morgan fingerprint density at radius 2 is 1.89 bits per heavy atom. The number of hydrogen-bond donors (Lipinski definition) is 0. The molecule has 0 fully saturated rings. The number of aromatic nitrogens is 2. The standard InChI is InChI=1S/C22H23N3O2/c1-15-12-18-10-6-7-11-20(18)25(14-15)21(26)13-19(17-8-4-3-5-9-17)22-24-23-16(2)27-22/h3-11,15,19H,12-14H2,1-2H3. The summed E-state index contributed by atoms with van der Waals surface area (Å²) in [5.41, 5.74) is 3.26. The Balaban J connectivity index is 1.65. The fraction of sp³-hybridized carbons (Fsp3) is 0.318. The number of hydrogen-bond acceptors (Lipinski definition) is 4. The van der Waals surface area contributed by atoms with Gasteiger partial charge in [-0.15, -0.1) is 10.2 Å². The van der Waals surface area contributed by atoms with Crippen LogP contribution in [0.25, 0.3) is 0 Å². The molecule has 138 valence electrons. The average Bonchev–Trinajstić information content (AvgIpc) is 3.12. The van der Waals surface area contributed by atoms with Crippen molar-refractivity contribution < 1.29 is 9.21 Å². The van der Waals surface area contributed by atoms with E-state index in [0.717, 1.165) is 24.2 Å². The summed E-state index contributed by atoms with van der Waals surface area (Å²) in [5, 5.41) is 8.15. The van der Waals surface area contributed by atoms with Crippen molar-refractivity contribution in [3.05, 3.63) is 77.5 Å². The zero-order valence-electron chi connectivity index (χ0n) is 15.6. The van der Waals surface area contributed by atoms with Gasteiger partial charge in [-0.2, -0.15) is 0 Å². The molecule has 0 saturated heterocycles. The number of amides is 1. The number of para-hydroxylation sites is 1. The van der Waals surface area contributed by atoms with Crippen molar-refractivity contribution >= 4 is 11.6 Å². The minimum atomic E-state index is -0.246. The third kappa shape index (κ3) is 3.63. The summed E-state index contributed by atoms with van der Waals surface area (Å²) in [4.78, 5) is 15.2. The highest BCUT2D eigenvalue weighted by Gasteiger charge is 2.30. The molecule has 1 aromatic heterocycles. The van der Waals surface area contributed by atoms with E-state index in [0.29, 0.717) is 24.1 Å². The molecule has 1 amide bonds. The van der Waals surface area contributed by atoms with Gasteiger partial charge in [0.1, 0.15) is 0 Å². The Bertz CT molecular complexity index is 935. The van der Waals surface area contributed by atoms with Gasteiger partial charge in [-0.1, -0.05) is 55.5 Å². The SMILES string of the molecule is Cc1nnc(C(CC(=O)N2CC(C)Cc3ccccc32)c2ccccc2)o1. The highest BCUT2D eigenvalue weighted by Crippen LogP contribution is 2.33. The molecule has 2 aromatic carbocycles. The molecule has 1 aliphatic heterocycles. The van der Waals surface area contributed by atoms with Crippen LogP contribution in [0.15, 0.2) is 59.0 Å². The Morgan fingerprint density at radius 1 is 1.15 bits per heavy atom. The van der Waals surface area contributed by atoms with Crippen molar-refractivity contribution in [2.75, 3.05) is 11.4 Å². The van der Waals surface area contributed by atoms with Gasteiger partial charge in [0.25, 0.3) is 0 Å². The van der Waals surface area contributed by atoms with Crippen LogP contribution < -0.4 is 4.90 Å². The number of carbonyl (C=O) groups is 1. The van der Waals surface area contributed by atoms with Gasteiger partial charge < -0.3 is 9.32 Å². The van der Waals surface area contributed by atoms with Crippen LogP contribution in [0.2, 0.25) is 0 Å². The molecule has 0 bridgehead atoms. The molecule has 0 spiro atoms. The van der Waals surface area contributed by atoms with Gasteiger partial charge in [0.15, 0.2) is 0 Å². The molecule has 27 heavy (non-hydrogen) atoms. The second-order valence-electron chi connectivity index (χ2n) is 7.27. The number of anilines is 1. The fourth-order valence-electron chi connectivity index (χ4n) is 3.80. The van der Waals surface area contributed by atoms with E-state index in [9.17, 15) is 4.79 Å². The van der Waals surface area contributed by atoms with Crippen LogP contribution in [-0.4, -0.2) is 22.6 Å². The molecule has 0 aliphatic carbocycles. The third-order valence-corrected chi connectivity index (χ3v) is 5.07. The maximum Gasteiger partial charge on any atom is 0.228 e. The minimum absolute atomic E-state index is 0.0821. The molecule has 2 atom stereocenters. The van der Waals surface area contributed by atoms with Crippen LogP contribution in [0.3, 0.4) is 0 Å². The lowest BCUT2D eigenvalue weighted by Gasteiger charge is -2.34. The van der Waals surface area contributed by atoms with Crippen molar-refractivity contribution in [1.29, 1.82) is 0 Å². The monoisotopic (exact) mass is 361 g/mol. The number of fused-ring (bicyclic) bond motifs is 1. The zero-order chi connectivity index (χ0) is 18.8. The maximum atomic E-state index is 13.3. The molecule has 3 aromatic rings. The van der Waals surface area contributed by atoms with Crippen molar-refractivity contribution in [1.82, 2.24) is 10.2 Å². The first-order chi connectivity index (χ1) is 13.1. The highest BCUT2D eigenvalue weighted by atomic mass is 16.4. The van der Waals surface area contributed by atoms with E-state index in [1.54, 1.807) is 6.92 Å². The Kier molecular flexibility index (Phi) is 4.75. The number of carbonyl (C=O) groups excluding carboxylic acids is 1. The molecule has 5 heteroatoms. The number of benzene rings is 2. The van der Waals surface area contributed by atoms with Gasteiger partial charge in [-0.25, -0.2) is 0 Å². The summed E-state index contributed by atoms with van der Waals surface area (Å²) < 4.78 is 5.69. The molecular formula is C22H23N3O2. The molecule has 0 saturated carbocycles. The summed E-state index contributed by atoms with van der Waals surface area (Å²) in [6.07, 6.45) is 1.30. The van der Waals surface area contributed by atoms with Crippen LogP contribution in [0, 0.1) is 12.8 Å². The van der Waals surface area contributed by atoms with Crippen LogP contribution in [0.5, 0.6) is 0 Å². The molecule has 2 unspecified atom stereocenters. The van der Waals surface area contributed by atoms with Crippen molar-refractivity contribution in [2.45, 2.75) is 32.6 Å². The number of aryl methyl sites for hydroxylation is 1. The van der Waals surface area contributed by atoms with Gasteiger partial charge in [0.2, 0.25) is 17.7 Å². The van der Waals surface area contributed by atoms with Crippen molar-refractivity contribution in [3.8, 4) is 0 Å². The highest BCUT2D eigenvalue weighted by molar-refractivity contribution is 5.95. The van der Waals surface area contributed by atoms with Gasteiger partial charge >= 0.3 is 0 Å². The van der Waals surface area contributed by atoms with E-state index in [-0.39, 0.29) is 11.8 Å². The summed E-state index contributed by atoms with van der Waals surface area (Å²) >= 11 is 0. The quantitative estimate of drug-likeness (QED) is 0.701. The molecular weight excluding hydrogens is 338 g/mol. The lowest BCUT2D eigenvalue weighted by atomic mass is 9.91. The molecule has 1 aliphatic rings. The van der Waals surface area contributed by atoms with Crippen LogP contribution in [-0.2, 0) is 11.2 Å². The second kappa shape index (κ2) is 7.35. The lowest BCUT2D eigenvalue weighted by Crippen LogP contribution is -2.39. The molecule has 5 nitrogen and oxygen atoms in total. The zero-order valence-corrected chi connectivity index (χ0v) is 15.6. The van der Waals surface area contributed by atoms with Gasteiger partial charge in [0, 0.05) is 25.6 Å². The third-order valence-electron chi connectivity index (χ3n) is 5.07. The topological polar surface area (TPSA) is 59.2 Å². The summed E-state index contributed by atoms with van der Waals surface area (Å²) in [6.45, 7) is 4.69. The van der Waals surface area contributed by atoms with E-state index in [2.05, 4.69) is 23.2 Å². The normalized spacial score (nSPS) is 17.4. The first-order valence-corrected chi connectivity index (χ1v) is 9.35. The maximum absolute atomic E-state index is 13.3. The lowest BCUT2D eigenvalue weighted by molar-refractivity contribution is -0.119. The van der Waals surface area contributed by atoms with E-state index in [1.165, 1.54) is 5.56 Å². The number of rotatable bonds is 4. The fourth-order valence-corrected chi connectivity index (χ4v) is 3.80. The average molecular weight is 361 g/mol. The predicted molar refractivity (Wildman–Crippen MR) is 104 cm³/mol. The summed E-state index contributed by atoms with van der Waals surface area (Å²) in [6, 6.07) is 18.1. The molecule has 0 N–H and O–H groups in total. The van der Waals surface area contributed by atoms with E-state index in [1.807, 2.05) is 53.4 Å². The Labute approximate surface area is 159 Å². The summed E-state index contributed by atoms with van der Waals surface area (Å²) in [5.74, 6) is 1.27. The van der Waals surface area contributed by atoms with Crippen molar-refractivity contribution in [3.63, 3.8) is 0 Å². The van der Waals surface area contributed by atoms with E-state index < -0.39 is 0 Å². The first-order valence-electron chi connectivity index (χ1n) is 9.35. The number of nitrogens with zero attached hydrogens (tertiary/aromatic N) is 3. The smallest absolute Gasteiger partial charge is 0.228 e. The predicted octanol–water partition coefficient (Wildman–Crippen LogP) is 4.13. The molecule has 4 rings (SSSR count). The largest absolute Gasteiger partial charge is 0.425 e.